The molecule has 0 radical (unpaired) electrons. The van der Waals surface area contributed by atoms with Crippen molar-refractivity contribution in [3.8, 4) is 5.75 Å². The van der Waals surface area contributed by atoms with Crippen molar-refractivity contribution in [1.29, 1.82) is 0 Å². The van der Waals surface area contributed by atoms with E-state index in [0.717, 1.165) is 11.1 Å². The average molecular weight is 358 g/mol. The van der Waals surface area contributed by atoms with Gasteiger partial charge in [-0.2, -0.15) is 0 Å². The Morgan fingerprint density at radius 3 is 2.32 bits per heavy atom. The van der Waals surface area contributed by atoms with Crippen molar-refractivity contribution in [2.24, 2.45) is 0 Å². The van der Waals surface area contributed by atoms with Crippen molar-refractivity contribution in [3.63, 3.8) is 0 Å². The normalized spacial score (nSPS) is 10.0. The highest BCUT2D eigenvalue weighted by atomic mass is 32.1. The smallest absolute Gasteiger partial charge is 0.335 e. The second kappa shape index (κ2) is 7.76. The SMILES string of the molecule is COc1ccc(C(=O)O)cc1NC(=S)NC(=O)c1ccc(C)c(C)c1. The molecule has 0 saturated heterocycles. The molecule has 0 aliphatic rings. The lowest BCUT2D eigenvalue weighted by Gasteiger charge is -2.13. The van der Waals surface area contributed by atoms with Gasteiger partial charge in [-0.3, -0.25) is 10.1 Å². The van der Waals surface area contributed by atoms with Gasteiger partial charge in [0.1, 0.15) is 5.75 Å². The average Bonchev–Trinajstić information content (AvgIpc) is 2.56. The predicted molar refractivity (Wildman–Crippen MR) is 99.6 cm³/mol. The zero-order chi connectivity index (χ0) is 18.6. The first-order chi connectivity index (χ1) is 11.8. The molecule has 25 heavy (non-hydrogen) atoms. The molecule has 0 heterocycles. The number of carboxylic acid groups (broad SMARTS) is 1. The third-order valence-corrected chi connectivity index (χ3v) is 3.89. The molecule has 0 bridgehead atoms. The molecule has 0 aliphatic heterocycles. The molecule has 0 unspecified atom stereocenters. The van der Waals surface area contributed by atoms with Gasteiger partial charge in [-0.15, -0.1) is 0 Å². The van der Waals surface area contributed by atoms with Crippen LogP contribution < -0.4 is 15.4 Å². The molecule has 0 saturated carbocycles. The number of ether oxygens (including phenoxy) is 1. The van der Waals surface area contributed by atoms with E-state index >= 15 is 0 Å². The van der Waals surface area contributed by atoms with E-state index in [1.54, 1.807) is 12.1 Å². The number of carboxylic acids is 1. The van der Waals surface area contributed by atoms with Crippen LogP contribution in [0.1, 0.15) is 31.8 Å². The molecule has 0 aliphatic carbocycles. The quantitative estimate of drug-likeness (QED) is 0.728. The Bertz CT molecular complexity index is 849. The van der Waals surface area contributed by atoms with Crippen molar-refractivity contribution in [2.45, 2.75) is 13.8 Å². The number of aryl methyl sites for hydroxylation is 2. The minimum atomic E-state index is -1.07. The maximum Gasteiger partial charge on any atom is 0.335 e. The molecule has 7 heteroatoms. The number of methoxy groups -OCH3 is 1. The largest absolute Gasteiger partial charge is 0.495 e. The van der Waals surface area contributed by atoms with Crippen LogP contribution in [0.4, 0.5) is 5.69 Å². The van der Waals surface area contributed by atoms with Gasteiger partial charge in [0, 0.05) is 5.56 Å². The van der Waals surface area contributed by atoms with Crippen LogP contribution in [0.5, 0.6) is 5.75 Å². The second-order valence-corrected chi connectivity index (χ2v) is 5.84. The topological polar surface area (TPSA) is 87.7 Å². The zero-order valence-electron chi connectivity index (χ0n) is 14.0. The van der Waals surface area contributed by atoms with E-state index in [1.165, 1.54) is 25.3 Å². The highest BCUT2D eigenvalue weighted by Crippen LogP contribution is 2.25. The Labute approximate surface area is 150 Å². The number of hydrogen-bond acceptors (Lipinski definition) is 4. The van der Waals surface area contributed by atoms with Crippen LogP contribution in [-0.4, -0.2) is 29.2 Å². The molecule has 2 aromatic rings. The van der Waals surface area contributed by atoms with E-state index in [1.807, 2.05) is 19.9 Å². The number of hydrogen-bond donors (Lipinski definition) is 3. The van der Waals surface area contributed by atoms with E-state index in [-0.39, 0.29) is 16.6 Å². The van der Waals surface area contributed by atoms with Crippen LogP contribution in [0.15, 0.2) is 36.4 Å². The van der Waals surface area contributed by atoms with Gasteiger partial charge >= 0.3 is 5.97 Å². The van der Waals surface area contributed by atoms with E-state index in [0.29, 0.717) is 17.0 Å². The third-order valence-electron chi connectivity index (χ3n) is 3.69. The minimum Gasteiger partial charge on any atom is -0.495 e. The van der Waals surface area contributed by atoms with Crippen LogP contribution in [0.25, 0.3) is 0 Å². The lowest BCUT2D eigenvalue weighted by atomic mass is 10.1. The molecule has 2 rings (SSSR count). The fourth-order valence-corrected chi connectivity index (χ4v) is 2.35. The summed E-state index contributed by atoms with van der Waals surface area (Å²) in [6.07, 6.45) is 0. The van der Waals surface area contributed by atoms with Crippen LogP contribution in [0, 0.1) is 13.8 Å². The monoisotopic (exact) mass is 358 g/mol. The lowest BCUT2D eigenvalue weighted by Crippen LogP contribution is -2.34. The van der Waals surface area contributed by atoms with Gasteiger partial charge in [-0.1, -0.05) is 6.07 Å². The van der Waals surface area contributed by atoms with E-state index in [4.69, 9.17) is 22.1 Å². The summed E-state index contributed by atoms with van der Waals surface area (Å²) >= 11 is 5.14. The first kappa shape index (κ1) is 18.4. The molecule has 3 N–H and O–H groups in total. The minimum absolute atomic E-state index is 0.0454. The number of carbonyl (C=O) groups excluding carboxylic acids is 1. The number of benzene rings is 2. The first-order valence-electron chi connectivity index (χ1n) is 7.42. The summed E-state index contributed by atoms with van der Waals surface area (Å²) in [6.45, 7) is 3.88. The van der Waals surface area contributed by atoms with Gasteiger partial charge in [0.25, 0.3) is 5.91 Å². The highest BCUT2D eigenvalue weighted by molar-refractivity contribution is 7.80. The van der Waals surface area contributed by atoms with Crippen LogP contribution in [0.2, 0.25) is 0 Å². The molecule has 0 fully saturated rings. The zero-order valence-corrected chi connectivity index (χ0v) is 14.9. The first-order valence-corrected chi connectivity index (χ1v) is 7.83. The summed E-state index contributed by atoms with van der Waals surface area (Å²) in [5, 5.41) is 14.5. The fourth-order valence-electron chi connectivity index (χ4n) is 2.15. The summed E-state index contributed by atoms with van der Waals surface area (Å²) in [5.74, 6) is -1.02. The Balaban J connectivity index is 2.14. The molecular formula is C18H18N2O4S. The fraction of sp³-hybridized carbons (Fsp3) is 0.167. The number of nitrogens with one attached hydrogen (secondary N) is 2. The third kappa shape index (κ3) is 4.54. The molecule has 1 amide bonds. The van der Waals surface area contributed by atoms with Crippen molar-refractivity contribution in [2.75, 3.05) is 12.4 Å². The number of aromatic carboxylic acids is 1. The van der Waals surface area contributed by atoms with Crippen molar-refractivity contribution >= 4 is 34.9 Å². The molecule has 2 aromatic carbocycles. The Morgan fingerprint density at radius 2 is 1.72 bits per heavy atom. The van der Waals surface area contributed by atoms with Crippen molar-refractivity contribution < 1.29 is 19.4 Å². The van der Waals surface area contributed by atoms with Crippen molar-refractivity contribution in [1.82, 2.24) is 5.32 Å². The predicted octanol–water partition coefficient (Wildman–Crippen LogP) is 3.14. The molecule has 0 aromatic heterocycles. The molecule has 0 spiro atoms. The maximum atomic E-state index is 12.3. The Kier molecular flexibility index (Phi) is 5.71. The van der Waals surface area contributed by atoms with Crippen molar-refractivity contribution in [3.05, 3.63) is 58.7 Å². The van der Waals surface area contributed by atoms with Crippen LogP contribution in [-0.2, 0) is 0 Å². The second-order valence-electron chi connectivity index (χ2n) is 5.43. The Hall–Kier alpha value is -2.93. The number of carbonyl (C=O) groups is 2. The summed E-state index contributed by atoms with van der Waals surface area (Å²) in [5.41, 5.74) is 3.01. The number of thiocarbonyl (C=S) groups is 1. The van der Waals surface area contributed by atoms with Gasteiger partial charge in [0.05, 0.1) is 18.4 Å². The lowest BCUT2D eigenvalue weighted by molar-refractivity contribution is 0.0696. The molecule has 0 atom stereocenters. The summed E-state index contributed by atoms with van der Waals surface area (Å²) in [7, 11) is 1.46. The molecule has 6 nitrogen and oxygen atoms in total. The van der Waals surface area contributed by atoms with E-state index < -0.39 is 5.97 Å². The number of amides is 1. The number of rotatable bonds is 4. The van der Waals surface area contributed by atoms with Gasteiger partial charge in [0.2, 0.25) is 0 Å². The van der Waals surface area contributed by atoms with E-state index in [9.17, 15) is 9.59 Å². The summed E-state index contributed by atoms with van der Waals surface area (Å²) in [6, 6.07) is 9.67. The van der Waals surface area contributed by atoms with Gasteiger partial charge in [0.15, 0.2) is 5.11 Å². The molecular weight excluding hydrogens is 340 g/mol. The Morgan fingerprint density at radius 1 is 1.04 bits per heavy atom. The van der Waals surface area contributed by atoms with Crippen LogP contribution >= 0.6 is 12.2 Å². The molecule has 130 valence electrons. The van der Waals surface area contributed by atoms with Gasteiger partial charge < -0.3 is 15.2 Å². The van der Waals surface area contributed by atoms with Gasteiger partial charge in [-0.25, -0.2) is 4.79 Å². The standard InChI is InChI=1S/C18H18N2O4S/c1-10-4-5-12(8-11(10)2)16(21)20-18(25)19-14-9-13(17(22)23)6-7-15(14)24-3/h4-9H,1-3H3,(H,22,23)(H2,19,20,21,25). The summed E-state index contributed by atoms with van der Waals surface area (Å²) < 4.78 is 5.17. The maximum absolute atomic E-state index is 12.3. The highest BCUT2D eigenvalue weighted by Gasteiger charge is 2.13. The van der Waals surface area contributed by atoms with Gasteiger partial charge in [-0.05, 0) is 67.5 Å². The summed E-state index contributed by atoms with van der Waals surface area (Å²) in [4.78, 5) is 23.4. The van der Waals surface area contributed by atoms with Crippen LogP contribution in [0.3, 0.4) is 0 Å². The van der Waals surface area contributed by atoms with E-state index in [2.05, 4.69) is 10.6 Å². The number of anilines is 1.